The topological polar surface area (TPSA) is 26.3 Å². The number of carbonyl (C=O) groups excluding carboxylic acids is 1. The zero-order valence-electron chi connectivity index (χ0n) is 7.41. The van der Waals surface area contributed by atoms with Crippen molar-refractivity contribution in [1.29, 1.82) is 0 Å². The van der Waals surface area contributed by atoms with Gasteiger partial charge >= 0.3 is 0 Å². The van der Waals surface area contributed by atoms with E-state index in [1.165, 1.54) is 0 Å². The van der Waals surface area contributed by atoms with Gasteiger partial charge in [0.05, 0.1) is 10.7 Å². The molecule has 0 aliphatic heterocycles. The van der Waals surface area contributed by atoms with Crippen molar-refractivity contribution in [3.8, 4) is 5.75 Å². The van der Waals surface area contributed by atoms with E-state index >= 15 is 0 Å². The number of ether oxygens (including phenoxy) is 1. The maximum Gasteiger partial charge on any atom is 0.151 e. The largest absolute Gasteiger partial charge is 0.495 e. The molecule has 0 saturated heterocycles. The van der Waals surface area contributed by atoms with Crippen molar-refractivity contribution in [2.45, 2.75) is 0 Å². The Kier molecular flexibility index (Phi) is 2.73. The Labute approximate surface area is 99.0 Å². The van der Waals surface area contributed by atoms with Crippen LogP contribution in [0.1, 0.15) is 10.4 Å². The highest BCUT2D eigenvalue weighted by Gasteiger charge is 2.11. The van der Waals surface area contributed by atoms with Crippen LogP contribution in [0.4, 0.5) is 0 Å². The first-order valence-electron chi connectivity index (χ1n) is 3.96. The first-order chi connectivity index (χ1) is 6.77. The Hall–Kier alpha value is -0.620. The summed E-state index contributed by atoms with van der Waals surface area (Å²) in [6.45, 7) is 0. The molecule has 0 radical (unpaired) electrons. The van der Waals surface area contributed by atoms with E-state index in [-0.39, 0.29) is 0 Å². The molecule has 0 N–H and O–H groups in total. The summed E-state index contributed by atoms with van der Waals surface area (Å²) in [6.07, 6.45) is 0.865. The predicted octanol–water partition coefficient (Wildman–Crippen LogP) is 3.33. The molecule has 2 nitrogen and oxygen atoms in total. The highest BCUT2D eigenvalue weighted by Crippen LogP contribution is 2.35. The van der Waals surface area contributed by atoms with Gasteiger partial charge in [0.25, 0.3) is 0 Å². The molecular formula is C10H7IO2S. The molecule has 1 heterocycles. The minimum Gasteiger partial charge on any atom is -0.495 e. The van der Waals surface area contributed by atoms with Gasteiger partial charge in [-0.05, 0) is 40.1 Å². The average Bonchev–Trinajstić information content (AvgIpc) is 2.64. The second kappa shape index (κ2) is 3.86. The van der Waals surface area contributed by atoms with E-state index < -0.39 is 0 Å². The van der Waals surface area contributed by atoms with Crippen LogP contribution in [-0.2, 0) is 0 Å². The number of benzene rings is 1. The molecule has 0 fully saturated rings. The molecule has 0 unspecified atom stereocenters. The number of hydrogen-bond donors (Lipinski definition) is 0. The van der Waals surface area contributed by atoms with Crippen LogP contribution in [0.15, 0.2) is 17.5 Å². The fourth-order valence-corrected chi connectivity index (χ4v) is 2.99. The zero-order chi connectivity index (χ0) is 10.1. The van der Waals surface area contributed by atoms with Crippen molar-refractivity contribution in [2.24, 2.45) is 0 Å². The first kappa shape index (κ1) is 9.92. The van der Waals surface area contributed by atoms with E-state index in [2.05, 4.69) is 22.6 Å². The molecule has 2 aromatic rings. The minimum atomic E-state index is 0.692. The van der Waals surface area contributed by atoms with Gasteiger partial charge in [0, 0.05) is 15.6 Å². The van der Waals surface area contributed by atoms with E-state index in [0.29, 0.717) is 5.56 Å². The standard InChI is InChI=1S/C10H7IO2S/c1-13-10-7-2-3-14-8(7)4-6(5-12)9(10)11/h2-5H,1H3. The smallest absolute Gasteiger partial charge is 0.151 e. The minimum absolute atomic E-state index is 0.692. The summed E-state index contributed by atoms with van der Waals surface area (Å²) in [5.41, 5.74) is 0.692. The van der Waals surface area contributed by atoms with Crippen molar-refractivity contribution in [1.82, 2.24) is 0 Å². The van der Waals surface area contributed by atoms with E-state index in [0.717, 1.165) is 25.7 Å². The van der Waals surface area contributed by atoms with Crippen LogP contribution in [0, 0.1) is 3.57 Å². The highest BCUT2D eigenvalue weighted by atomic mass is 127. The number of rotatable bonds is 2. The summed E-state index contributed by atoms with van der Waals surface area (Å²) in [4.78, 5) is 10.8. The highest BCUT2D eigenvalue weighted by molar-refractivity contribution is 14.1. The number of methoxy groups -OCH3 is 1. The molecule has 4 heteroatoms. The summed E-state index contributed by atoms with van der Waals surface area (Å²) >= 11 is 3.75. The van der Waals surface area contributed by atoms with Gasteiger partial charge in [-0.15, -0.1) is 11.3 Å². The molecule has 2 rings (SSSR count). The van der Waals surface area contributed by atoms with Crippen LogP contribution < -0.4 is 4.74 Å². The zero-order valence-corrected chi connectivity index (χ0v) is 10.4. The summed E-state index contributed by atoms with van der Waals surface area (Å²) in [5.74, 6) is 0.798. The Morgan fingerprint density at radius 3 is 3.00 bits per heavy atom. The van der Waals surface area contributed by atoms with Crippen molar-refractivity contribution >= 4 is 50.3 Å². The van der Waals surface area contributed by atoms with Crippen molar-refractivity contribution in [3.63, 3.8) is 0 Å². The second-order valence-corrected chi connectivity index (χ2v) is 4.79. The fraction of sp³-hybridized carbons (Fsp3) is 0.100. The fourth-order valence-electron chi connectivity index (χ4n) is 1.36. The van der Waals surface area contributed by atoms with Gasteiger partial charge in [-0.25, -0.2) is 0 Å². The Morgan fingerprint density at radius 2 is 2.36 bits per heavy atom. The lowest BCUT2D eigenvalue weighted by Crippen LogP contribution is -1.92. The number of aldehydes is 1. The summed E-state index contributed by atoms with van der Waals surface area (Å²) in [6, 6.07) is 3.91. The maximum absolute atomic E-state index is 10.8. The number of halogens is 1. The molecule has 0 aliphatic rings. The van der Waals surface area contributed by atoms with Crippen LogP contribution in [0.5, 0.6) is 5.75 Å². The molecule has 1 aromatic carbocycles. The van der Waals surface area contributed by atoms with Crippen molar-refractivity contribution in [2.75, 3.05) is 7.11 Å². The SMILES string of the molecule is COc1c(I)c(C=O)cc2sccc12. The molecule has 0 aliphatic carbocycles. The van der Waals surface area contributed by atoms with Crippen molar-refractivity contribution < 1.29 is 9.53 Å². The Morgan fingerprint density at radius 1 is 1.57 bits per heavy atom. The number of hydrogen-bond acceptors (Lipinski definition) is 3. The third kappa shape index (κ3) is 1.42. The monoisotopic (exact) mass is 318 g/mol. The predicted molar refractivity (Wildman–Crippen MR) is 66.5 cm³/mol. The van der Waals surface area contributed by atoms with Crippen molar-refractivity contribution in [3.05, 3.63) is 26.6 Å². The molecule has 0 spiro atoms. The number of thiophene rings is 1. The first-order valence-corrected chi connectivity index (χ1v) is 5.92. The lowest BCUT2D eigenvalue weighted by molar-refractivity contribution is 0.112. The second-order valence-electron chi connectivity index (χ2n) is 2.76. The normalized spacial score (nSPS) is 10.4. The van der Waals surface area contributed by atoms with Crippen LogP contribution >= 0.6 is 33.9 Å². The average molecular weight is 318 g/mol. The number of fused-ring (bicyclic) bond motifs is 1. The van der Waals surface area contributed by atoms with E-state index in [1.807, 2.05) is 17.5 Å². The van der Waals surface area contributed by atoms with Crippen LogP contribution in [0.25, 0.3) is 10.1 Å². The Bertz CT molecular complexity index is 490. The molecule has 72 valence electrons. The van der Waals surface area contributed by atoms with Crippen LogP contribution in [0.2, 0.25) is 0 Å². The van der Waals surface area contributed by atoms with Gasteiger partial charge < -0.3 is 4.74 Å². The molecule has 0 bridgehead atoms. The van der Waals surface area contributed by atoms with Gasteiger partial charge in [0.1, 0.15) is 5.75 Å². The van der Waals surface area contributed by atoms with Gasteiger partial charge in [0.2, 0.25) is 0 Å². The van der Waals surface area contributed by atoms with Gasteiger partial charge in [-0.2, -0.15) is 0 Å². The lowest BCUT2D eigenvalue weighted by Gasteiger charge is -2.06. The van der Waals surface area contributed by atoms with E-state index in [4.69, 9.17) is 4.74 Å². The molecule has 14 heavy (non-hydrogen) atoms. The van der Waals surface area contributed by atoms with Gasteiger partial charge in [0.15, 0.2) is 6.29 Å². The molecule has 0 saturated carbocycles. The van der Waals surface area contributed by atoms with Crippen LogP contribution in [0.3, 0.4) is 0 Å². The summed E-state index contributed by atoms with van der Waals surface area (Å²) in [5, 5.41) is 3.07. The third-order valence-electron chi connectivity index (χ3n) is 2.01. The number of carbonyl (C=O) groups is 1. The summed E-state index contributed by atoms with van der Waals surface area (Å²) in [7, 11) is 1.63. The molecule has 0 atom stereocenters. The molecular weight excluding hydrogens is 311 g/mol. The molecule has 0 amide bonds. The van der Waals surface area contributed by atoms with Gasteiger partial charge in [-0.3, -0.25) is 4.79 Å². The van der Waals surface area contributed by atoms with E-state index in [1.54, 1.807) is 18.4 Å². The quantitative estimate of drug-likeness (QED) is 0.627. The Balaban J connectivity index is 2.87. The lowest BCUT2D eigenvalue weighted by atomic mass is 10.2. The summed E-state index contributed by atoms with van der Waals surface area (Å²) < 4.78 is 7.27. The van der Waals surface area contributed by atoms with Crippen LogP contribution in [-0.4, -0.2) is 13.4 Å². The maximum atomic E-state index is 10.8. The van der Waals surface area contributed by atoms with E-state index in [9.17, 15) is 4.79 Å². The van der Waals surface area contributed by atoms with Gasteiger partial charge in [-0.1, -0.05) is 0 Å². The molecule has 1 aromatic heterocycles. The third-order valence-corrected chi connectivity index (χ3v) is 3.99.